The molecule has 0 saturated carbocycles. The number of thiazole rings is 1. The molecule has 21 heavy (non-hydrogen) atoms. The minimum Gasteiger partial charge on any atom is -0.355 e. The van der Waals surface area contributed by atoms with Gasteiger partial charge in [0.25, 0.3) is 0 Å². The van der Waals surface area contributed by atoms with E-state index >= 15 is 0 Å². The molecule has 3 aromatic rings. The Morgan fingerprint density at radius 3 is 3.05 bits per heavy atom. The average Bonchev–Trinajstić information content (AvgIpc) is 2.89. The van der Waals surface area contributed by atoms with E-state index in [2.05, 4.69) is 54.7 Å². The fourth-order valence-corrected chi connectivity index (χ4v) is 4.05. The van der Waals surface area contributed by atoms with E-state index < -0.39 is 0 Å². The number of hydrogen-bond acceptors (Lipinski definition) is 3. The number of rotatable bonds is 2. The van der Waals surface area contributed by atoms with E-state index in [0.717, 1.165) is 10.6 Å². The van der Waals surface area contributed by atoms with Gasteiger partial charge in [0.05, 0.1) is 16.3 Å². The second-order valence-electron chi connectivity index (χ2n) is 5.78. The third kappa shape index (κ3) is 2.42. The maximum atomic E-state index is 4.75. The smallest absolute Gasteiger partial charge is 0.184 e. The Hall–Kier alpha value is -1.87. The van der Waals surface area contributed by atoms with Gasteiger partial charge in [0, 0.05) is 0 Å². The van der Waals surface area contributed by atoms with E-state index in [4.69, 9.17) is 4.98 Å². The van der Waals surface area contributed by atoms with E-state index in [1.54, 1.807) is 11.3 Å². The molecule has 106 valence electrons. The van der Waals surface area contributed by atoms with E-state index in [1.807, 2.05) is 0 Å². The Balaban J connectivity index is 1.66. The summed E-state index contributed by atoms with van der Waals surface area (Å²) in [6, 6.07) is 15.7. The van der Waals surface area contributed by atoms with Gasteiger partial charge in [0.1, 0.15) is 0 Å². The number of aromatic nitrogens is 1. The number of hydrogen-bond donors (Lipinski definition) is 1. The molecule has 0 amide bonds. The molecule has 4 rings (SSSR count). The van der Waals surface area contributed by atoms with Gasteiger partial charge in [-0.25, -0.2) is 4.98 Å². The summed E-state index contributed by atoms with van der Waals surface area (Å²) in [5.74, 6) is 0. The zero-order chi connectivity index (χ0) is 14.2. The predicted octanol–water partition coefficient (Wildman–Crippen LogP) is 5.09. The van der Waals surface area contributed by atoms with Crippen molar-refractivity contribution in [2.24, 2.45) is 0 Å². The summed E-state index contributed by atoms with van der Waals surface area (Å²) in [6.45, 7) is 2.11. The Morgan fingerprint density at radius 2 is 2.10 bits per heavy atom. The van der Waals surface area contributed by atoms with Gasteiger partial charge in [-0.3, -0.25) is 0 Å². The van der Waals surface area contributed by atoms with Crippen molar-refractivity contribution in [3.63, 3.8) is 0 Å². The highest BCUT2D eigenvalue weighted by Gasteiger charge is 2.20. The lowest BCUT2D eigenvalue weighted by Gasteiger charge is -2.26. The zero-order valence-corrected chi connectivity index (χ0v) is 12.9. The summed E-state index contributed by atoms with van der Waals surface area (Å²) in [5, 5.41) is 4.69. The summed E-state index contributed by atoms with van der Waals surface area (Å²) in [7, 11) is 0. The molecule has 3 heteroatoms. The molecule has 2 aromatic carbocycles. The van der Waals surface area contributed by atoms with Gasteiger partial charge in [-0.05, 0) is 55.0 Å². The molecule has 1 heterocycles. The average molecular weight is 294 g/mol. The van der Waals surface area contributed by atoms with Crippen LogP contribution in [0.4, 0.5) is 5.13 Å². The first kappa shape index (κ1) is 12.8. The SMILES string of the molecule is Cc1ccc2sc(NC3CCCc4ccccc43)nc2c1. The molecule has 1 N–H and O–H groups in total. The Labute approximate surface area is 128 Å². The highest BCUT2D eigenvalue weighted by atomic mass is 32.1. The molecule has 0 radical (unpaired) electrons. The predicted molar refractivity (Wildman–Crippen MR) is 90.1 cm³/mol. The summed E-state index contributed by atoms with van der Waals surface area (Å²) in [4.78, 5) is 4.75. The summed E-state index contributed by atoms with van der Waals surface area (Å²) in [5.41, 5.74) is 5.30. The van der Waals surface area contributed by atoms with Crippen molar-refractivity contribution in [1.82, 2.24) is 4.98 Å². The second kappa shape index (κ2) is 5.15. The van der Waals surface area contributed by atoms with Crippen LogP contribution in [0.15, 0.2) is 42.5 Å². The highest BCUT2D eigenvalue weighted by molar-refractivity contribution is 7.22. The highest BCUT2D eigenvalue weighted by Crippen LogP contribution is 2.35. The Kier molecular flexibility index (Phi) is 3.15. The fourth-order valence-electron chi connectivity index (χ4n) is 3.15. The number of nitrogens with zero attached hydrogens (tertiary/aromatic N) is 1. The maximum absolute atomic E-state index is 4.75. The van der Waals surface area contributed by atoms with Crippen LogP contribution in [0.25, 0.3) is 10.2 Å². The van der Waals surface area contributed by atoms with E-state index in [-0.39, 0.29) is 0 Å². The molecule has 0 aliphatic heterocycles. The largest absolute Gasteiger partial charge is 0.355 e. The topological polar surface area (TPSA) is 24.9 Å². The van der Waals surface area contributed by atoms with Gasteiger partial charge in [-0.15, -0.1) is 0 Å². The first-order chi connectivity index (χ1) is 10.3. The van der Waals surface area contributed by atoms with Crippen molar-refractivity contribution in [3.8, 4) is 0 Å². The lowest BCUT2D eigenvalue weighted by atomic mass is 9.88. The second-order valence-corrected chi connectivity index (χ2v) is 6.81. The molecule has 0 saturated heterocycles. The number of benzene rings is 2. The van der Waals surface area contributed by atoms with Crippen molar-refractivity contribution < 1.29 is 0 Å². The molecular weight excluding hydrogens is 276 g/mol. The van der Waals surface area contributed by atoms with Crippen LogP contribution in [-0.4, -0.2) is 4.98 Å². The molecule has 1 atom stereocenters. The third-order valence-corrected chi connectivity index (χ3v) is 5.18. The van der Waals surface area contributed by atoms with Crippen LogP contribution in [0.5, 0.6) is 0 Å². The minimum atomic E-state index is 0.400. The number of aryl methyl sites for hydroxylation is 2. The number of nitrogens with one attached hydrogen (secondary N) is 1. The Morgan fingerprint density at radius 1 is 1.19 bits per heavy atom. The van der Waals surface area contributed by atoms with E-state index in [1.165, 1.54) is 40.7 Å². The van der Waals surface area contributed by atoms with E-state index in [0.29, 0.717) is 6.04 Å². The lowest BCUT2D eigenvalue weighted by molar-refractivity contribution is 0.600. The van der Waals surface area contributed by atoms with Crippen LogP contribution < -0.4 is 5.32 Å². The zero-order valence-electron chi connectivity index (χ0n) is 12.1. The van der Waals surface area contributed by atoms with Gasteiger partial charge in [-0.2, -0.15) is 0 Å². The molecule has 1 aliphatic carbocycles. The molecule has 0 fully saturated rings. The van der Waals surface area contributed by atoms with Crippen molar-refractivity contribution in [2.75, 3.05) is 5.32 Å². The van der Waals surface area contributed by atoms with Gasteiger partial charge in [0.2, 0.25) is 0 Å². The van der Waals surface area contributed by atoms with Crippen LogP contribution >= 0.6 is 11.3 Å². The molecule has 1 aliphatic rings. The van der Waals surface area contributed by atoms with Crippen LogP contribution in [0.3, 0.4) is 0 Å². The van der Waals surface area contributed by atoms with Crippen molar-refractivity contribution in [1.29, 1.82) is 0 Å². The first-order valence-corrected chi connectivity index (χ1v) is 8.33. The molecular formula is C18H18N2S. The van der Waals surface area contributed by atoms with Gasteiger partial charge >= 0.3 is 0 Å². The Bertz CT molecular complexity index is 791. The van der Waals surface area contributed by atoms with Crippen LogP contribution in [-0.2, 0) is 6.42 Å². The monoisotopic (exact) mass is 294 g/mol. The first-order valence-electron chi connectivity index (χ1n) is 7.51. The quantitative estimate of drug-likeness (QED) is 0.711. The number of fused-ring (bicyclic) bond motifs is 2. The molecule has 0 bridgehead atoms. The summed E-state index contributed by atoms with van der Waals surface area (Å²) < 4.78 is 1.26. The van der Waals surface area contributed by atoms with Crippen molar-refractivity contribution in [3.05, 3.63) is 59.2 Å². The normalized spacial score (nSPS) is 17.7. The van der Waals surface area contributed by atoms with Crippen LogP contribution in [0.1, 0.15) is 35.6 Å². The third-order valence-electron chi connectivity index (χ3n) is 4.21. The standard InChI is InChI=1S/C18H18N2S/c1-12-9-10-17-16(11-12)20-18(21-17)19-15-8-4-6-13-5-2-3-7-14(13)15/h2-3,5,7,9-11,15H,4,6,8H2,1H3,(H,19,20). The maximum Gasteiger partial charge on any atom is 0.184 e. The van der Waals surface area contributed by atoms with Crippen LogP contribution in [0, 0.1) is 6.92 Å². The van der Waals surface area contributed by atoms with Gasteiger partial charge in [-0.1, -0.05) is 41.7 Å². The van der Waals surface area contributed by atoms with Crippen molar-refractivity contribution >= 4 is 26.7 Å². The van der Waals surface area contributed by atoms with Crippen LogP contribution in [0.2, 0.25) is 0 Å². The minimum absolute atomic E-state index is 0.400. The molecule has 2 nitrogen and oxygen atoms in total. The van der Waals surface area contributed by atoms with Gasteiger partial charge < -0.3 is 5.32 Å². The summed E-state index contributed by atoms with van der Waals surface area (Å²) in [6.07, 6.45) is 3.64. The fraction of sp³-hybridized carbons (Fsp3) is 0.278. The molecule has 0 spiro atoms. The number of anilines is 1. The van der Waals surface area contributed by atoms with Crippen molar-refractivity contribution in [2.45, 2.75) is 32.2 Å². The van der Waals surface area contributed by atoms with E-state index in [9.17, 15) is 0 Å². The molecule has 1 aromatic heterocycles. The molecule has 1 unspecified atom stereocenters. The lowest BCUT2D eigenvalue weighted by Crippen LogP contribution is -2.17. The van der Waals surface area contributed by atoms with Gasteiger partial charge in [0.15, 0.2) is 5.13 Å². The summed E-state index contributed by atoms with van der Waals surface area (Å²) >= 11 is 1.75.